The minimum atomic E-state index is -0.663. The summed E-state index contributed by atoms with van der Waals surface area (Å²) in [6.45, 7) is 2.12. The van der Waals surface area contributed by atoms with Crippen LogP contribution >= 0.6 is 22.6 Å². The van der Waals surface area contributed by atoms with Crippen molar-refractivity contribution in [1.82, 2.24) is 5.32 Å². The molecule has 0 radical (unpaired) electrons. The molecule has 0 aromatic heterocycles. The topological polar surface area (TPSA) is 41.5 Å². The molecular weight excluding hydrogens is 317 g/mol. The van der Waals surface area contributed by atoms with Gasteiger partial charge in [0.15, 0.2) is 0 Å². The highest BCUT2D eigenvalue weighted by atomic mass is 127. The molecule has 0 amide bonds. The fourth-order valence-corrected chi connectivity index (χ4v) is 2.35. The van der Waals surface area contributed by atoms with E-state index in [1.165, 1.54) is 0 Å². The van der Waals surface area contributed by atoms with Crippen molar-refractivity contribution in [2.24, 2.45) is 0 Å². The molecule has 2 rings (SSSR count). The summed E-state index contributed by atoms with van der Waals surface area (Å²) in [5.41, 5.74) is -0.663. The van der Waals surface area contributed by atoms with E-state index in [0.717, 1.165) is 35.3 Å². The first-order chi connectivity index (χ1) is 7.70. The van der Waals surface area contributed by atoms with Crippen molar-refractivity contribution in [3.63, 3.8) is 0 Å². The molecule has 1 aliphatic heterocycles. The van der Waals surface area contributed by atoms with Crippen molar-refractivity contribution >= 4 is 22.6 Å². The molecule has 0 bridgehead atoms. The Labute approximate surface area is 109 Å². The first kappa shape index (κ1) is 12.1. The van der Waals surface area contributed by atoms with E-state index in [4.69, 9.17) is 4.74 Å². The molecule has 88 valence electrons. The molecule has 16 heavy (non-hydrogen) atoms. The van der Waals surface area contributed by atoms with E-state index in [2.05, 4.69) is 27.9 Å². The molecule has 1 aromatic rings. The molecule has 1 saturated heterocycles. The zero-order chi connectivity index (χ0) is 11.4. The van der Waals surface area contributed by atoms with Gasteiger partial charge in [0, 0.05) is 0 Å². The van der Waals surface area contributed by atoms with Crippen LogP contribution in [-0.2, 0) is 0 Å². The van der Waals surface area contributed by atoms with Crippen LogP contribution in [0.5, 0.6) is 5.75 Å². The third-order valence-corrected chi connectivity index (χ3v) is 3.76. The van der Waals surface area contributed by atoms with Crippen molar-refractivity contribution in [3.05, 3.63) is 27.8 Å². The predicted octanol–water partition coefficient (Wildman–Crippen LogP) is 1.78. The highest BCUT2D eigenvalue weighted by Gasteiger charge is 2.30. The van der Waals surface area contributed by atoms with Crippen LogP contribution in [0.25, 0.3) is 0 Å². The van der Waals surface area contributed by atoms with Gasteiger partial charge in [-0.1, -0.05) is 12.1 Å². The Balaban J connectivity index is 1.94. The molecule has 4 heteroatoms. The van der Waals surface area contributed by atoms with Gasteiger partial charge in [0.1, 0.15) is 18.0 Å². The van der Waals surface area contributed by atoms with E-state index >= 15 is 0 Å². The Hall–Kier alpha value is -0.330. The molecule has 0 atom stereocenters. The van der Waals surface area contributed by atoms with Crippen LogP contribution in [0.4, 0.5) is 0 Å². The second-order valence-corrected chi connectivity index (χ2v) is 5.36. The van der Waals surface area contributed by atoms with Gasteiger partial charge in [0.2, 0.25) is 0 Å². The van der Waals surface area contributed by atoms with Crippen LogP contribution < -0.4 is 10.1 Å². The van der Waals surface area contributed by atoms with Crippen molar-refractivity contribution < 1.29 is 9.84 Å². The van der Waals surface area contributed by atoms with E-state index < -0.39 is 5.60 Å². The highest BCUT2D eigenvalue weighted by Crippen LogP contribution is 2.23. The van der Waals surface area contributed by atoms with Gasteiger partial charge in [-0.15, -0.1) is 0 Å². The summed E-state index contributed by atoms with van der Waals surface area (Å²) < 4.78 is 6.78. The number of benzene rings is 1. The molecular formula is C12H16INO2. The van der Waals surface area contributed by atoms with Crippen molar-refractivity contribution in [2.45, 2.75) is 18.4 Å². The van der Waals surface area contributed by atoms with Crippen LogP contribution in [0.2, 0.25) is 0 Å². The molecule has 0 unspecified atom stereocenters. The average molecular weight is 333 g/mol. The Morgan fingerprint density at radius 3 is 2.69 bits per heavy atom. The van der Waals surface area contributed by atoms with Crippen LogP contribution in [0, 0.1) is 3.57 Å². The normalized spacial score (nSPS) is 19.4. The lowest BCUT2D eigenvalue weighted by Crippen LogP contribution is -2.46. The second-order valence-electron chi connectivity index (χ2n) is 4.19. The molecule has 0 saturated carbocycles. The standard InChI is InChI=1S/C12H16INO2/c13-10-3-1-2-4-11(10)16-9-12(15)5-7-14-8-6-12/h1-4,14-15H,5-9H2. The third kappa shape index (κ3) is 3.09. The minimum absolute atomic E-state index is 0.384. The van der Waals surface area contributed by atoms with E-state index in [1.807, 2.05) is 24.3 Å². The molecule has 1 aromatic carbocycles. The molecule has 3 nitrogen and oxygen atoms in total. The number of piperidine rings is 1. The van der Waals surface area contributed by atoms with E-state index in [0.29, 0.717) is 6.61 Å². The molecule has 0 spiro atoms. The summed E-state index contributed by atoms with van der Waals surface area (Å²) in [7, 11) is 0. The number of nitrogens with one attached hydrogen (secondary N) is 1. The number of hydrogen-bond donors (Lipinski definition) is 2. The van der Waals surface area contributed by atoms with Crippen LogP contribution in [0.15, 0.2) is 24.3 Å². The maximum Gasteiger partial charge on any atom is 0.132 e. The molecule has 1 aliphatic rings. The summed E-state index contributed by atoms with van der Waals surface area (Å²) in [5, 5.41) is 13.5. The quantitative estimate of drug-likeness (QED) is 0.829. The number of ether oxygens (including phenoxy) is 1. The third-order valence-electron chi connectivity index (χ3n) is 2.87. The monoisotopic (exact) mass is 333 g/mol. The second kappa shape index (κ2) is 5.33. The van der Waals surface area contributed by atoms with Gasteiger partial charge in [-0.05, 0) is 60.7 Å². The smallest absolute Gasteiger partial charge is 0.132 e. The van der Waals surface area contributed by atoms with Crippen LogP contribution in [0.3, 0.4) is 0 Å². The molecule has 1 fully saturated rings. The predicted molar refractivity (Wildman–Crippen MR) is 71.7 cm³/mol. The Kier molecular flexibility index (Phi) is 4.05. The van der Waals surface area contributed by atoms with Gasteiger partial charge in [-0.25, -0.2) is 0 Å². The summed E-state index contributed by atoms with van der Waals surface area (Å²) in [6.07, 6.45) is 1.52. The van der Waals surface area contributed by atoms with Crippen LogP contribution in [0.1, 0.15) is 12.8 Å². The van der Waals surface area contributed by atoms with E-state index in [9.17, 15) is 5.11 Å². The number of aliphatic hydroxyl groups is 1. The average Bonchev–Trinajstić information content (AvgIpc) is 2.29. The maximum absolute atomic E-state index is 10.3. The maximum atomic E-state index is 10.3. The number of halogens is 1. The lowest BCUT2D eigenvalue weighted by molar-refractivity contribution is -0.0288. The summed E-state index contributed by atoms with van der Waals surface area (Å²) in [5.74, 6) is 0.857. The Morgan fingerprint density at radius 1 is 1.31 bits per heavy atom. The lowest BCUT2D eigenvalue weighted by atomic mass is 9.94. The first-order valence-corrected chi connectivity index (χ1v) is 6.58. The van der Waals surface area contributed by atoms with Crippen molar-refractivity contribution in [1.29, 1.82) is 0 Å². The lowest BCUT2D eigenvalue weighted by Gasteiger charge is -2.32. The molecule has 0 aliphatic carbocycles. The Bertz CT molecular complexity index is 351. The summed E-state index contributed by atoms with van der Waals surface area (Å²) in [6, 6.07) is 7.87. The molecule has 1 heterocycles. The van der Waals surface area contributed by atoms with Gasteiger partial charge >= 0.3 is 0 Å². The number of rotatable bonds is 3. The first-order valence-electron chi connectivity index (χ1n) is 5.50. The van der Waals surface area contributed by atoms with Gasteiger partial charge in [0.05, 0.1) is 3.57 Å². The minimum Gasteiger partial charge on any atom is -0.489 e. The fraction of sp³-hybridized carbons (Fsp3) is 0.500. The van der Waals surface area contributed by atoms with Gasteiger partial charge in [0.25, 0.3) is 0 Å². The zero-order valence-electron chi connectivity index (χ0n) is 9.08. The SMILES string of the molecule is OC1(COc2ccccc2I)CCNCC1. The summed E-state index contributed by atoms with van der Waals surface area (Å²) in [4.78, 5) is 0. The van der Waals surface area contributed by atoms with Crippen molar-refractivity contribution in [3.8, 4) is 5.75 Å². The van der Waals surface area contributed by atoms with Gasteiger partial charge in [-0.3, -0.25) is 0 Å². The summed E-state index contributed by atoms with van der Waals surface area (Å²) >= 11 is 2.24. The number of hydrogen-bond acceptors (Lipinski definition) is 3. The van der Waals surface area contributed by atoms with Crippen molar-refractivity contribution in [2.75, 3.05) is 19.7 Å². The largest absolute Gasteiger partial charge is 0.489 e. The van der Waals surface area contributed by atoms with Gasteiger partial charge < -0.3 is 15.2 Å². The Morgan fingerprint density at radius 2 is 2.00 bits per heavy atom. The fourth-order valence-electron chi connectivity index (χ4n) is 1.81. The molecule has 2 N–H and O–H groups in total. The zero-order valence-corrected chi connectivity index (χ0v) is 11.2. The van der Waals surface area contributed by atoms with E-state index in [1.54, 1.807) is 0 Å². The van der Waals surface area contributed by atoms with E-state index in [-0.39, 0.29) is 0 Å². The number of para-hydroxylation sites is 1. The highest BCUT2D eigenvalue weighted by molar-refractivity contribution is 14.1. The van der Waals surface area contributed by atoms with Crippen LogP contribution in [-0.4, -0.2) is 30.4 Å². The van der Waals surface area contributed by atoms with Gasteiger partial charge in [-0.2, -0.15) is 0 Å².